The van der Waals surface area contributed by atoms with E-state index in [4.69, 9.17) is 11.5 Å². The van der Waals surface area contributed by atoms with E-state index in [2.05, 4.69) is 31.4 Å². The van der Waals surface area contributed by atoms with Crippen LogP contribution in [0.2, 0.25) is 0 Å². The lowest BCUT2D eigenvalue weighted by Crippen LogP contribution is -2.33. The molecule has 16 heavy (non-hydrogen) atoms. The SMILES string of the molecule is CC(C)(C)/C(N)=C/C=C(\N)NC1CCNC1. The second-order valence-electron chi connectivity index (χ2n) is 5.33. The van der Waals surface area contributed by atoms with Crippen molar-refractivity contribution < 1.29 is 0 Å². The molecule has 4 heteroatoms. The smallest absolute Gasteiger partial charge is 0.0963 e. The molecule has 0 bridgehead atoms. The van der Waals surface area contributed by atoms with E-state index in [0.29, 0.717) is 11.9 Å². The maximum Gasteiger partial charge on any atom is 0.0963 e. The van der Waals surface area contributed by atoms with Crippen molar-refractivity contribution in [3.63, 3.8) is 0 Å². The zero-order valence-corrected chi connectivity index (χ0v) is 10.5. The van der Waals surface area contributed by atoms with Crippen molar-refractivity contribution in [3.8, 4) is 0 Å². The molecular weight excluding hydrogens is 200 g/mol. The van der Waals surface area contributed by atoms with Crippen molar-refractivity contribution in [1.82, 2.24) is 10.6 Å². The van der Waals surface area contributed by atoms with Crippen LogP contribution in [0, 0.1) is 5.41 Å². The Bertz CT molecular complexity index is 280. The van der Waals surface area contributed by atoms with Gasteiger partial charge in [0.25, 0.3) is 0 Å². The maximum atomic E-state index is 5.93. The van der Waals surface area contributed by atoms with Crippen molar-refractivity contribution in [1.29, 1.82) is 0 Å². The van der Waals surface area contributed by atoms with Gasteiger partial charge in [-0.25, -0.2) is 0 Å². The predicted octanol–water partition coefficient (Wildman–Crippen LogP) is 0.627. The number of nitrogens with two attached hydrogens (primary N) is 2. The van der Waals surface area contributed by atoms with Crippen molar-refractivity contribution in [2.24, 2.45) is 16.9 Å². The molecule has 0 aromatic rings. The molecule has 1 heterocycles. The molecule has 1 unspecified atom stereocenters. The monoisotopic (exact) mass is 224 g/mol. The number of hydrogen-bond acceptors (Lipinski definition) is 4. The minimum Gasteiger partial charge on any atom is -0.402 e. The summed E-state index contributed by atoms with van der Waals surface area (Å²) >= 11 is 0. The zero-order valence-electron chi connectivity index (χ0n) is 10.5. The van der Waals surface area contributed by atoms with Crippen LogP contribution >= 0.6 is 0 Å². The molecular formula is C12H24N4. The highest BCUT2D eigenvalue weighted by Gasteiger charge is 2.14. The first-order valence-electron chi connectivity index (χ1n) is 5.80. The Balaban J connectivity index is 2.49. The number of allylic oxidation sites excluding steroid dienone is 3. The van der Waals surface area contributed by atoms with Crippen LogP contribution in [0.15, 0.2) is 23.7 Å². The van der Waals surface area contributed by atoms with Gasteiger partial charge in [-0.05, 0) is 25.1 Å². The molecule has 92 valence electrons. The minimum absolute atomic E-state index is 0.00824. The van der Waals surface area contributed by atoms with Crippen molar-refractivity contribution >= 4 is 0 Å². The summed E-state index contributed by atoms with van der Waals surface area (Å²) in [5, 5.41) is 6.54. The molecule has 0 aromatic heterocycles. The van der Waals surface area contributed by atoms with Crippen LogP contribution < -0.4 is 22.1 Å². The minimum atomic E-state index is -0.00824. The summed E-state index contributed by atoms with van der Waals surface area (Å²) < 4.78 is 0. The highest BCUT2D eigenvalue weighted by molar-refractivity contribution is 5.17. The lowest BCUT2D eigenvalue weighted by Gasteiger charge is -2.18. The molecule has 0 aliphatic carbocycles. The fraction of sp³-hybridized carbons (Fsp3) is 0.667. The van der Waals surface area contributed by atoms with Gasteiger partial charge < -0.3 is 22.1 Å². The first kappa shape index (κ1) is 12.9. The molecule has 0 spiro atoms. The van der Waals surface area contributed by atoms with Crippen molar-refractivity contribution in [3.05, 3.63) is 23.7 Å². The van der Waals surface area contributed by atoms with E-state index < -0.39 is 0 Å². The number of nitrogens with one attached hydrogen (secondary N) is 2. The van der Waals surface area contributed by atoms with E-state index in [1.165, 1.54) is 0 Å². The highest BCUT2D eigenvalue weighted by atomic mass is 15.1. The number of hydrogen-bond donors (Lipinski definition) is 4. The Morgan fingerprint density at radius 3 is 2.50 bits per heavy atom. The second-order valence-corrected chi connectivity index (χ2v) is 5.33. The van der Waals surface area contributed by atoms with Gasteiger partial charge in [-0.2, -0.15) is 0 Å². The molecule has 1 aliphatic heterocycles. The van der Waals surface area contributed by atoms with Crippen molar-refractivity contribution in [2.75, 3.05) is 13.1 Å². The van der Waals surface area contributed by atoms with Crippen LogP contribution in [-0.2, 0) is 0 Å². The van der Waals surface area contributed by atoms with Gasteiger partial charge in [-0.3, -0.25) is 0 Å². The molecule has 1 saturated heterocycles. The molecule has 4 nitrogen and oxygen atoms in total. The van der Waals surface area contributed by atoms with E-state index in [0.717, 1.165) is 25.2 Å². The van der Waals surface area contributed by atoms with Crippen LogP contribution in [0.25, 0.3) is 0 Å². The largest absolute Gasteiger partial charge is 0.402 e. The molecule has 0 radical (unpaired) electrons. The topological polar surface area (TPSA) is 76.1 Å². The predicted molar refractivity (Wildman–Crippen MR) is 68.4 cm³/mol. The average Bonchev–Trinajstić information content (AvgIpc) is 2.65. The molecule has 0 aromatic carbocycles. The summed E-state index contributed by atoms with van der Waals surface area (Å²) in [5.74, 6) is 0.681. The molecule has 1 rings (SSSR count). The fourth-order valence-corrected chi connectivity index (χ4v) is 1.49. The average molecular weight is 224 g/mol. The quantitative estimate of drug-likeness (QED) is 0.530. The fourth-order valence-electron chi connectivity index (χ4n) is 1.49. The highest BCUT2D eigenvalue weighted by Crippen LogP contribution is 2.20. The molecule has 1 fully saturated rings. The Labute approximate surface area is 98.1 Å². The molecule has 0 saturated carbocycles. The lowest BCUT2D eigenvalue weighted by molar-refractivity contribution is 0.497. The Morgan fingerprint density at radius 1 is 1.31 bits per heavy atom. The van der Waals surface area contributed by atoms with E-state index in [-0.39, 0.29) is 5.41 Å². The van der Waals surface area contributed by atoms with Crippen LogP contribution in [0.5, 0.6) is 0 Å². The van der Waals surface area contributed by atoms with Gasteiger partial charge in [0.1, 0.15) is 0 Å². The van der Waals surface area contributed by atoms with Gasteiger partial charge in [-0.15, -0.1) is 0 Å². The summed E-state index contributed by atoms with van der Waals surface area (Å²) in [6.45, 7) is 8.28. The van der Waals surface area contributed by atoms with E-state index >= 15 is 0 Å². The third-order valence-corrected chi connectivity index (χ3v) is 2.74. The molecule has 1 atom stereocenters. The molecule has 1 aliphatic rings. The second kappa shape index (κ2) is 5.25. The lowest BCUT2D eigenvalue weighted by atomic mass is 9.92. The summed E-state index contributed by atoms with van der Waals surface area (Å²) in [5.41, 5.74) is 12.6. The van der Waals surface area contributed by atoms with Crippen molar-refractivity contribution in [2.45, 2.75) is 33.2 Å². The van der Waals surface area contributed by atoms with Gasteiger partial charge in [-0.1, -0.05) is 20.8 Å². The Hall–Kier alpha value is -1.16. The van der Waals surface area contributed by atoms with Crippen LogP contribution in [0.3, 0.4) is 0 Å². The normalized spacial score (nSPS) is 23.6. The van der Waals surface area contributed by atoms with Gasteiger partial charge in [0.05, 0.1) is 5.82 Å². The number of rotatable bonds is 3. The Morgan fingerprint density at radius 2 is 2.00 bits per heavy atom. The van der Waals surface area contributed by atoms with Crippen LogP contribution in [0.4, 0.5) is 0 Å². The first-order valence-corrected chi connectivity index (χ1v) is 5.80. The summed E-state index contributed by atoms with van der Waals surface area (Å²) in [4.78, 5) is 0. The van der Waals surface area contributed by atoms with Crippen LogP contribution in [-0.4, -0.2) is 19.1 Å². The summed E-state index contributed by atoms with van der Waals surface area (Å²) in [7, 11) is 0. The maximum absolute atomic E-state index is 5.93. The van der Waals surface area contributed by atoms with E-state index in [9.17, 15) is 0 Å². The molecule has 0 amide bonds. The first-order chi connectivity index (χ1) is 7.39. The third kappa shape index (κ3) is 4.14. The third-order valence-electron chi connectivity index (χ3n) is 2.74. The van der Waals surface area contributed by atoms with Crippen LogP contribution in [0.1, 0.15) is 27.2 Å². The van der Waals surface area contributed by atoms with E-state index in [1.54, 1.807) is 0 Å². The van der Waals surface area contributed by atoms with Gasteiger partial charge in [0.15, 0.2) is 0 Å². The zero-order chi connectivity index (χ0) is 12.2. The van der Waals surface area contributed by atoms with Gasteiger partial charge in [0, 0.05) is 23.7 Å². The summed E-state index contributed by atoms with van der Waals surface area (Å²) in [6.07, 6.45) is 4.84. The Kier molecular flexibility index (Phi) is 4.24. The molecule has 6 N–H and O–H groups in total. The van der Waals surface area contributed by atoms with E-state index in [1.807, 2.05) is 12.2 Å². The van der Waals surface area contributed by atoms with Gasteiger partial charge >= 0.3 is 0 Å². The summed E-state index contributed by atoms with van der Waals surface area (Å²) in [6, 6.07) is 0.445. The standard InChI is InChI=1S/C12H24N4/c1-12(2,3)10(13)4-5-11(14)16-9-6-7-15-8-9/h4-5,9,15-16H,6-8,13-14H2,1-3H3/b10-4-,11-5+. The van der Waals surface area contributed by atoms with Gasteiger partial charge in [0.2, 0.25) is 0 Å².